The van der Waals surface area contributed by atoms with E-state index in [1.54, 1.807) is 42.7 Å². The number of aliphatic imine (C=N–C) groups is 1. The second-order valence-corrected chi connectivity index (χ2v) is 12.4. The first kappa shape index (κ1) is 36.4. The van der Waals surface area contributed by atoms with Crippen molar-refractivity contribution in [1.29, 1.82) is 0 Å². The molecule has 0 saturated carbocycles. The number of benzene rings is 2. The lowest BCUT2D eigenvalue weighted by atomic mass is 10.1. The molecule has 0 amide bonds. The van der Waals surface area contributed by atoms with Crippen molar-refractivity contribution in [2.45, 2.75) is 19.9 Å². The number of ether oxygens (including phenoxy) is 6. The maximum atomic E-state index is 5.45. The molecule has 3 aromatic rings. The highest BCUT2D eigenvalue weighted by Crippen LogP contribution is 2.39. The lowest BCUT2D eigenvalue weighted by molar-refractivity contribution is -0.692. The highest BCUT2D eigenvalue weighted by molar-refractivity contribution is 8.76. The largest absolute Gasteiger partial charge is 0.493 e. The van der Waals surface area contributed by atoms with E-state index in [0.29, 0.717) is 34.5 Å². The zero-order valence-electron chi connectivity index (χ0n) is 27.8. The molecule has 2 aromatic carbocycles. The molecule has 0 aliphatic heterocycles. The fourth-order valence-corrected chi connectivity index (χ4v) is 6.24. The standard InChI is InChI=1S/C36H45N2O6S2/c1-8-27(9-11-29-23-31(39-2)35(43-6)32(24-29)40-3)13-16-37-17-21-45-46-22-20-38-18-14-28(15-19-38)10-12-30-25-33(41-4)36(44-7)34(26-30)42-5/h9-16,18-19,23-26H,8,17,20-22H2,1-7H3/q+1/b11-9+,12-10+,27-13+,37-16?. The molecule has 0 bridgehead atoms. The van der Waals surface area contributed by atoms with E-state index >= 15 is 0 Å². The zero-order chi connectivity index (χ0) is 33.1. The van der Waals surface area contributed by atoms with Gasteiger partial charge in [-0.15, -0.1) is 0 Å². The third-order valence-electron chi connectivity index (χ3n) is 6.87. The quantitative estimate of drug-likeness (QED) is 0.0424. The highest BCUT2D eigenvalue weighted by Gasteiger charge is 2.13. The highest BCUT2D eigenvalue weighted by atomic mass is 33.1. The van der Waals surface area contributed by atoms with Crippen LogP contribution in [0.1, 0.15) is 30.0 Å². The zero-order valence-corrected chi connectivity index (χ0v) is 29.4. The van der Waals surface area contributed by atoms with E-state index in [1.165, 1.54) is 5.57 Å². The molecule has 0 saturated heterocycles. The molecule has 3 rings (SSSR count). The van der Waals surface area contributed by atoms with E-state index in [9.17, 15) is 0 Å². The second kappa shape index (κ2) is 20.2. The van der Waals surface area contributed by atoms with Gasteiger partial charge in [-0.1, -0.05) is 52.8 Å². The Balaban J connectivity index is 1.39. The number of allylic oxidation sites excluding steroid dienone is 3. The van der Waals surface area contributed by atoms with Crippen LogP contribution in [0, 0.1) is 0 Å². The van der Waals surface area contributed by atoms with Gasteiger partial charge in [0.1, 0.15) is 0 Å². The lowest BCUT2D eigenvalue weighted by Gasteiger charge is -2.12. The van der Waals surface area contributed by atoms with Crippen LogP contribution in [-0.4, -0.2) is 66.9 Å². The van der Waals surface area contributed by atoms with E-state index in [2.05, 4.69) is 59.2 Å². The number of hydrogen-bond acceptors (Lipinski definition) is 9. The molecular formula is C36H45N2O6S2+. The third kappa shape index (κ3) is 11.1. The lowest BCUT2D eigenvalue weighted by Crippen LogP contribution is -2.33. The van der Waals surface area contributed by atoms with Gasteiger partial charge in [0.05, 0.1) is 48.4 Å². The molecule has 8 nitrogen and oxygen atoms in total. The minimum absolute atomic E-state index is 0.587. The molecule has 0 fully saturated rings. The number of methoxy groups -OCH3 is 6. The number of aryl methyl sites for hydroxylation is 1. The summed E-state index contributed by atoms with van der Waals surface area (Å²) in [6.07, 6.45) is 17.3. The van der Waals surface area contributed by atoms with Crippen molar-refractivity contribution in [2.24, 2.45) is 4.99 Å². The molecule has 1 heterocycles. The van der Waals surface area contributed by atoms with Crippen molar-refractivity contribution in [2.75, 3.05) is 60.7 Å². The van der Waals surface area contributed by atoms with Gasteiger partial charge in [0.25, 0.3) is 0 Å². The van der Waals surface area contributed by atoms with Crippen LogP contribution >= 0.6 is 21.6 Å². The molecule has 0 aliphatic carbocycles. The van der Waals surface area contributed by atoms with E-state index in [1.807, 2.05) is 64.2 Å². The molecule has 0 spiro atoms. The Labute approximate surface area is 281 Å². The third-order valence-corrected chi connectivity index (χ3v) is 9.24. The molecule has 10 heteroatoms. The molecular weight excluding hydrogens is 621 g/mol. The van der Waals surface area contributed by atoms with E-state index in [4.69, 9.17) is 28.4 Å². The van der Waals surface area contributed by atoms with Crippen molar-refractivity contribution in [3.63, 3.8) is 0 Å². The Morgan fingerprint density at radius 1 is 0.674 bits per heavy atom. The fourth-order valence-electron chi connectivity index (χ4n) is 4.38. The summed E-state index contributed by atoms with van der Waals surface area (Å²) in [5.74, 6) is 5.69. The van der Waals surface area contributed by atoms with Crippen molar-refractivity contribution < 1.29 is 33.0 Å². The minimum atomic E-state index is 0.587. The Morgan fingerprint density at radius 3 is 1.67 bits per heavy atom. The summed E-state index contributed by atoms with van der Waals surface area (Å²) in [5, 5.41) is 0. The molecule has 0 N–H and O–H groups in total. The molecule has 0 radical (unpaired) electrons. The van der Waals surface area contributed by atoms with Gasteiger partial charge in [-0.05, 0) is 59.0 Å². The molecule has 1 aromatic heterocycles. The average Bonchev–Trinajstić information content (AvgIpc) is 3.10. The minimum Gasteiger partial charge on any atom is -0.493 e. The van der Waals surface area contributed by atoms with Crippen LogP contribution in [0.3, 0.4) is 0 Å². The summed E-state index contributed by atoms with van der Waals surface area (Å²) in [6.45, 7) is 3.85. The van der Waals surface area contributed by atoms with Crippen LogP contribution in [0.25, 0.3) is 18.2 Å². The monoisotopic (exact) mass is 665 g/mol. The fraction of sp³-hybridized carbons (Fsp3) is 0.333. The summed E-state index contributed by atoms with van der Waals surface area (Å²) in [6, 6.07) is 11.9. The molecule has 46 heavy (non-hydrogen) atoms. The average molecular weight is 666 g/mol. The smallest absolute Gasteiger partial charge is 0.203 e. The predicted molar refractivity (Wildman–Crippen MR) is 193 cm³/mol. The van der Waals surface area contributed by atoms with Gasteiger partial charge in [0.15, 0.2) is 41.9 Å². The first-order chi connectivity index (χ1) is 22.5. The van der Waals surface area contributed by atoms with Gasteiger partial charge in [-0.3, -0.25) is 4.99 Å². The Kier molecular flexibility index (Phi) is 16.0. The summed E-state index contributed by atoms with van der Waals surface area (Å²) in [5.41, 5.74) is 4.23. The van der Waals surface area contributed by atoms with Crippen molar-refractivity contribution in [3.8, 4) is 34.5 Å². The predicted octanol–water partition coefficient (Wildman–Crippen LogP) is 7.70. The van der Waals surface area contributed by atoms with Crippen LogP contribution in [0.2, 0.25) is 0 Å². The normalized spacial score (nSPS) is 11.8. The van der Waals surface area contributed by atoms with Gasteiger partial charge in [-0.2, -0.15) is 0 Å². The number of rotatable bonds is 19. The Bertz CT molecular complexity index is 1450. The summed E-state index contributed by atoms with van der Waals surface area (Å²) in [4.78, 5) is 4.57. The molecule has 0 unspecified atom stereocenters. The summed E-state index contributed by atoms with van der Waals surface area (Å²) < 4.78 is 34.8. The molecule has 0 atom stereocenters. The van der Waals surface area contributed by atoms with Crippen LogP contribution in [0.15, 0.2) is 71.5 Å². The number of aromatic nitrogens is 1. The summed E-state index contributed by atoms with van der Waals surface area (Å²) in [7, 11) is 13.4. The van der Waals surface area contributed by atoms with Crippen LogP contribution in [0.4, 0.5) is 0 Å². The van der Waals surface area contributed by atoms with Gasteiger partial charge in [0.2, 0.25) is 11.5 Å². The van der Waals surface area contributed by atoms with Gasteiger partial charge < -0.3 is 28.4 Å². The van der Waals surface area contributed by atoms with Crippen LogP contribution in [0.5, 0.6) is 34.5 Å². The SMILES string of the molecule is CCC(/C=C/c1cc(OC)c(OC)c(OC)c1)=C\C=NCCSSCC[n+]1ccc(/C=C/c2cc(OC)c(OC)c(OC)c2)cc1. The number of nitrogens with zero attached hydrogens (tertiary/aromatic N) is 2. The van der Waals surface area contributed by atoms with Crippen molar-refractivity contribution >= 4 is 46.0 Å². The molecule has 246 valence electrons. The second-order valence-electron chi connectivity index (χ2n) is 9.75. The molecule has 0 aliphatic rings. The summed E-state index contributed by atoms with van der Waals surface area (Å²) >= 11 is 0. The van der Waals surface area contributed by atoms with Gasteiger partial charge in [0, 0.05) is 30.6 Å². The van der Waals surface area contributed by atoms with Gasteiger partial charge >= 0.3 is 0 Å². The van der Waals surface area contributed by atoms with Crippen molar-refractivity contribution in [3.05, 3.63) is 83.2 Å². The first-order valence-electron chi connectivity index (χ1n) is 14.9. The maximum Gasteiger partial charge on any atom is 0.203 e. The first-order valence-corrected chi connectivity index (χ1v) is 17.4. The van der Waals surface area contributed by atoms with E-state index in [0.717, 1.165) is 47.7 Å². The Morgan fingerprint density at radius 2 is 1.17 bits per heavy atom. The maximum absolute atomic E-state index is 5.45. The van der Waals surface area contributed by atoms with E-state index < -0.39 is 0 Å². The number of pyridine rings is 1. The Hall–Kier alpha value is -4.02. The van der Waals surface area contributed by atoms with Gasteiger partial charge in [-0.25, -0.2) is 4.57 Å². The number of hydrogen-bond donors (Lipinski definition) is 0. The van der Waals surface area contributed by atoms with Crippen LogP contribution in [-0.2, 0) is 6.54 Å². The topological polar surface area (TPSA) is 71.6 Å². The van der Waals surface area contributed by atoms with E-state index in [-0.39, 0.29) is 0 Å². The van der Waals surface area contributed by atoms with Crippen molar-refractivity contribution in [1.82, 2.24) is 0 Å². The van der Waals surface area contributed by atoms with Crippen LogP contribution < -0.4 is 33.0 Å².